The summed E-state index contributed by atoms with van der Waals surface area (Å²) >= 11 is 1.22. The second-order valence-electron chi connectivity index (χ2n) is 7.36. The second-order valence-corrected chi connectivity index (χ2v) is 8.43. The molecular weight excluding hydrogens is 505 g/mol. The number of carbonyl (C=O) groups excluding carboxylic acids is 2. The average Bonchev–Trinajstić information content (AvgIpc) is 3.31. The molecule has 0 aliphatic carbocycles. The monoisotopic (exact) mass is 530 g/mol. The zero-order chi connectivity index (χ0) is 27.5. The number of nitrogens with one attached hydrogen (secondary N) is 2. The SMILES string of the molecule is C=CN/C(=C\CC(=O)c1c(F)cc(F)cc1F)C(=O)NCc1nnc(/C(C=C)=C/C=C(/OC)C(=C)C)s1. The summed E-state index contributed by atoms with van der Waals surface area (Å²) < 4.78 is 46.1. The standard InChI is InChI=1S/C26H25F3N4O3S/c1-6-16(8-11-22(36-5)15(3)4)26-33-32-23(37-26)14-31-25(35)20(30-7-2)9-10-21(34)24-18(28)12-17(27)13-19(24)29/h6-9,11-13,30H,1-3,10,14H2,4-5H3,(H,31,35)/b16-8+,20-9-,22-11+. The summed E-state index contributed by atoms with van der Waals surface area (Å²) in [7, 11) is 1.53. The highest BCUT2D eigenvalue weighted by Gasteiger charge is 2.19. The Labute approximate surface area is 216 Å². The first-order valence-corrected chi connectivity index (χ1v) is 11.5. The largest absolute Gasteiger partial charge is 0.497 e. The summed E-state index contributed by atoms with van der Waals surface area (Å²) in [6.45, 7) is 12.9. The van der Waals surface area contributed by atoms with Crippen LogP contribution in [0.2, 0.25) is 0 Å². The van der Waals surface area contributed by atoms with Crippen molar-refractivity contribution in [3.63, 3.8) is 0 Å². The predicted molar refractivity (Wildman–Crippen MR) is 137 cm³/mol. The number of halogens is 3. The molecule has 0 fully saturated rings. The first kappa shape index (κ1) is 29.0. The molecule has 0 atom stereocenters. The Morgan fingerprint density at radius 1 is 1.14 bits per heavy atom. The number of ether oxygens (including phenoxy) is 1. The normalized spacial score (nSPS) is 12.1. The molecule has 37 heavy (non-hydrogen) atoms. The number of benzene rings is 1. The third kappa shape index (κ3) is 8.14. The molecule has 7 nitrogen and oxygen atoms in total. The van der Waals surface area contributed by atoms with E-state index in [0.29, 0.717) is 33.5 Å². The summed E-state index contributed by atoms with van der Waals surface area (Å²) in [6, 6.07) is 0.818. The zero-order valence-electron chi connectivity index (χ0n) is 20.2. The van der Waals surface area contributed by atoms with Crippen LogP contribution >= 0.6 is 11.3 Å². The number of rotatable bonds is 13. The summed E-state index contributed by atoms with van der Waals surface area (Å²) in [4.78, 5) is 24.9. The van der Waals surface area contributed by atoms with Gasteiger partial charge in [-0.05, 0) is 36.9 Å². The molecule has 2 rings (SSSR count). The van der Waals surface area contributed by atoms with Crippen LogP contribution in [-0.4, -0.2) is 29.0 Å². The van der Waals surface area contributed by atoms with Crippen LogP contribution in [-0.2, 0) is 16.1 Å². The number of nitrogens with zero attached hydrogens (tertiary/aromatic N) is 2. The van der Waals surface area contributed by atoms with Crippen molar-refractivity contribution in [2.24, 2.45) is 0 Å². The molecule has 194 valence electrons. The highest BCUT2D eigenvalue weighted by atomic mass is 32.1. The van der Waals surface area contributed by atoms with E-state index in [1.807, 2.05) is 6.92 Å². The van der Waals surface area contributed by atoms with Gasteiger partial charge < -0.3 is 15.4 Å². The lowest BCUT2D eigenvalue weighted by Gasteiger charge is -2.08. The third-order valence-corrected chi connectivity index (χ3v) is 5.64. The maximum absolute atomic E-state index is 13.9. The molecule has 1 aromatic heterocycles. The maximum atomic E-state index is 13.9. The molecule has 0 unspecified atom stereocenters. The smallest absolute Gasteiger partial charge is 0.267 e. The molecule has 1 heterocycles. The molecule has 0 bridgehead atoms. The van der Waals surface area contributed by atoms with E-state index >= 15 is 0 Å². The van der Waals surface area contributed by atoms with E-state index in [-0.39, 0.29) is 12.2 Å². The fourth-order valence-corrected chi connectivity index (χ4v) is 3.70. The molecule has 2 aromatic rings. The van der Waals surface area contributed by atoms with Gasteiger partial charge in [0.05, 0.1) is 19.2 Å². The minimum absolute atomic E-state index is 0.0111. The van der Waals surface area contributed by atoms with E-state index in [4.69, 9.17) is 4.74 Å². The maximum Gasteiger partial charge on any atom is 0.267 e. The molecule has 0 spiro atoms. The van der Waals surface area contributed by atoms with Crippen molar-refractivity contribution in [2.45, 2.75) is 19.9 Å². The molecule has 0 aliphatic rings. The van der Waals surface area contributed by atoms with Crippen molar-refractivity contribution < 1.29 is 27.5 Å². The Morgan fingerprint density at radius 3 is 2.38 bits per heavy atom. The topological polar surface area (TPSA) is 93.2 Å². The van der Waals surface area contributed by atoms with E-state index in [1.165, 1.54) is 24.6 Å². The molecule has 1 aromatic carbocycles. The van der Waals surface area contributed by atoms with E-state index in [2.05, 4.69) is 40.6 Å². The first-order valence-electron chi connectivity index (χ1n) is 10.7. The summed E-state index contributed by atoms with van der Waals surface area (Å²) in [5.41, 5.74) is 0.451. The van der Waals surface area contributed by atoms with Crippen LogP contribution in [0.4, 0.5) is 13.2 Å². The van der Waals surface area contributed by atoms with Gasteiger partial charge in [-0.25, -0.2) is 13.2 Å². The van der Waals surface area contributed by atoms with Crippen molar-refractivity contribution in [3.05, 3.63) is 112 Å². The van der Waals surface area contributed by atoms with Gasteiger partial charge in [-0.3, -0.25) is 9.59 Å². The van der Waals surface area contributed by atoms with Crippen LogP contribution in [0.1, 0.15) is 33.7 Å². The van der Waals surface area contributed by atoms with Gasteiger partial charge in [0.2, 0.25) is 0 Å². The Hall–Kier alpha value is -4.25. The van der Waals surface area contributed by atoms with Gasteiger partial charge in [-0.2, -0.15) is 0 Å². The fourth-order valence-electron chi connectivity index (χ4n) is 2.90. The quantitative estimate of drug-likeness (QED) is 0.161. The van der Waals surface area contributed by atoms with Crippen molar-refractivity contribution >= 4 is 28.6 Å². The number of Topliss-reactive ketones (excluding diaryl/α,β-unsaturated/α-hetero) is 1. The number of amides is 1. The van der Waals surface area contributed by atoms with Crippen LogP contribution in [0, 0.1) is 17.5 Å². The van der Waals surface area contributed by atoms with E-state index in [9.17, 15) is 22.8 Å². The fraction of sp³-hybridized carbons (Fsp3) is 0.154. The molecule has 0 saturated carbocycles. The number of allylic oxidation sites excluding steroid dienone is 6. The van der Waals surface area contributed by atoms with Crippen LogP contribution < -0.4 is 10.6 Å². The summed E-state index contributed by atoms with van der Waals surface area (Å²) in [5, 5.41) is 14.4. The number of methoxy groups -OCH3 is 1. The highest BCUT2D eigenvalue weighted by Crippen LogP contribution is 2.21. The van der Waals surface area contributed by atoms with Gasteiger partial charge in [0.1, 0.15) is 38.9 Å². The Morgan fingerprint density at radius 2 is 1.81 bits per heavy atom. The predicted octanol–water partition coefficient (Wildman–Crippen LogP) is 5.14. The molecule has 2 N–H and O–H groups in total. The van der Waals surface area contributed by atoms with Crippen LogP contribution in [0.5, 0.6) is 0 Å². The molecule has 0 saturated heterocycles. The average molecular weight is 531 g/mol. The number of ketones is 1. The zero-order valence-corrected chi connectivity index (χ0v) is 21.1. The lowest BCUT2D eigenvalue weighted by molar-refractivity contribution is -0.117. The van der Waals surface area contributed by atoms with E-state index < -0.39 is 41.1 Å². The van der Waals surface area contributed by atoms with Crippen molar-refractivity contribution in [2.75, 3.05) is 7.11 Å². The number of hydrogen-bond acceptors (Lipinski definition) is 7. The van der Waals surface area contributed by atoms with E-state index in [0.717, 1.165) is 11.6 Å². The first-order chi connectivity index (χ1) is 17.6. The number of carbonyl (C=O) groups is 2. The molecule has 0 radical (unpaired) electrons. The number of aromatic nitrogens is 2. The Bertz CT molecular complexity index is 1290. The minimum atomic E-state index is -1.33. The molecule has 1 amide bonds. The second kappa shape index (κ2) is 13.7. The van der Waals surface area contributed by atoms with Gasteiger partial charge in [0.15, 0.2) is 5.78 Å². The van der Waals surface area contributed by atoms with Crippen LogP contribution in [0.3, 0.4) is 0 Å². The van der Waals surface area contributed by atoms with E-state index in [1.54, 1.807) is 18.2 Å². The Balaban J connectivity index is 2.11. The van der Waals surface area contributed by atoms with Crippen LogP contribution in [0.15, 0.2) is 79.4 Å². The van der Waals surface area contributed by atoms with Crippen LogP contribution in [0.25, 0.3) is 5.57 Å². The van der Waals surface area contributed by atoms with Gasteiger partial charge >= 0.3 is 0 Å². The van der Waals surface area contributed by atoms with Gasteiger partial charge in [-0.15, -0.1) is 10.2 Å². The van der Waals surface area contributed by atoms with Crippen molar-refractivity contribution in [3.8, 4) is 0 Å². The van der Waals surface area contributed by atoms with Crippen molar-refractivity contribution in [1.82, 2.24) is 20.8 Å². The van der Waals surface area contributed by atoms with Gasteiger partial charge in [0.25, 0.3) is 5.91 Å². The summed E-state index contributed by atoms with van der Waals surface area (Å²) in [6.07, 6.45) is 6.90. The molecule has 11 heteroatoms. The molecule has 0 aliphatic heterocycles. The molecular formula is C26H25F3N4O3S. The lowest BCUT2D eigenvalue weighted by atomic mass is 10.1. The Kier molecular flexibility index (Phi) is 10.8. The summed E-state index contributed by atoms with van der Waals surface area (Å²) in [5.74, 6) is -4.80. The number of hydrogen-bond donors (Lipinski definition) is 2. The third-order valence-electron chi connectivity index (χ3n) is 4.67. The lowest BCUT2D eigenvalue weighted by Crippen LogP contribution is -2.29. The minimum Gasteiger partial charge on any atom is -0.497 e. The van der Waals surface area contributed by atoms with Crippen molar-refractivity contribution in [1.29, 1.82) is 0 Å². The highest BCUT2D eigenvalue weighted by molar-refractivity contribution is 7.12. The van der Waals surface area contributed by atoms with Gasteiger partial charge in [-0.1, -0.05) is 37.1 Å². The van der Waals surface area contributed by atoms with Gasteiger partial charge in [0, 0.05) is 24.1 Å².